The lowest BCUT2D eigenvalue weighted by Crippen LogP contribution is -2.06. The van der Waals surface area contributed by atoms with E-state index in [0.717, 1.165) is 0 Å². The number of fused-ring (bicyclic) bond motifs is 1. The van der Waals surface area contributed by atoms with Crippen LogP contribution in [0.4, 0.5) is 0 Å². The summed E-state index contributed by atoms with van der Waals surface area (Å²) in [4.78, 5) is 15.7. The molecule has 0 fully saturated rings. The minimum Gasteiger partial charge on any atom is -0.462 e. The maximum absolute atomic E-state index is 11.6. The van der Waals surface area contributed by atoms with Crippen LogP contribution in [-0.4, -0.2) is 27.2 Å². The SMILES string of the molecule is CCOC(=O)c1c(C)nn2cccnc12. The van der Waals surface area contributed by atoms with E-state index in [1.165, 1.54) is 0 Å². The van der Waals surface area contributed by atoms with Crippen molar-refractivity contribution in [3.8, 4) is 0 Å². The Kier molecular flexibility index (Phi) is 2.37. The number of nitrogens with zero attached hydrogens (tertiary/aromatic N) is 3. The summed E-state index contributed by atoms with van der Waals surface area (Å²) in [6, 6.07) is 1.76. The monoisotopic (exact) mass is 205 g/mol. The third-order valence-corrected chi connectivity index (χ3v) is 2.05. The average Bonchev–Trinajstić information content (AvgIpc) is 2.54. The van der Waals surface area contributed by atoms with Crippen LogP contribution in [0.25, 0.3) is 5.65 Å². The highest BCUT2D eigenvalue weighted by Crippen LogP contribution is 2.13. The summed E-state index contributed by atoms with van der Waals surface area (Å²) >= 11 is 0. The fourth-order valence-electron chi connectivity index (χ4n) is 1.44. The zero-order valence-electron chi connectivity index (χ0n) is 8.60. The van der Waals surface area contributed by atoms with E-state index in [0.29, 0.717) is 23.5 Å². The molecule has 0 bridgehead atoms. The summed E-state index contributed by atoms with van der Waals surface area (Å²) in [5.41, 5.74) is 1.61. The molecule has 0 unspecified atom stereocenters. The number of carbonyl (C=O) groups is 1. The first-order chi connectivity index (χ1) is 7.24. The van der Waals surface area contributed by atoms with Crippen molar-refractivity contribution in [1.82, 2.24) is 14.6 Å². The molecule has 0 spiro atoms. The molecule has 0 atom stereocenters. The molecular formula is C10H11N3O2. The normalized spacial score (nSPS) is 10.5. The van der Waals surface area contributed by atoms with Crippen LogP contribution in [-0.2, 0) is 4.74 Å². The highest BCUT2D eigenvalue weighted by atomic mass is 16.5. The Morgan fingerprint density at radius 1 is 1.60 bits per heavy atom. The summed E-state index contributed by atoms with van der Waals surface area (Å²) in [5.74, 6) is -0.372. The predicted octanol–water partition coefficient (Wildman–Crippen LogP) is 1.21. The lowest BCUT2D eigenvalue weighted by atomic mass is 10.2. The van der Waals surface area contributed by atoms with E-state index in [1.54, 1.807) is 36.8 Å². The van der Waals surface area contributed by atoms with Crippen molar-refractivity contribution in [2.45, 2.75) is 13.8 Å². The smallest absolute Gasteiger partial charge is 0.343 e. The first kappa shape index (κ1) is 9.64. The molecule has 0 radical (unpaired) electrons. The van der Waals surface area contributed by atoms with Crippen LogP contribution in [0.15, 0.2) is 18.5 Å². The molecule has 2 rings (SSSR count). The van der Waals surface area contributed by atoms with Crippen molar-refractivity contribution in [2.24, 2.45) is 0 Å². The molecule has 0 saturated carbocycles. The van der Waals surface area contributed by atoms with Crippen molar-refractivity contribution in [3.63, 3.8) is 0 Å². The first-order valence-electron chi connectivity index (χ1n) is 4.71. The van der Waals surface area contributed by atoms with Gasteiger partial charge in [-0.3, -0.25) is 0 Å². The second-order valence-corrected chi connectivity index (χ2v) is 3.07. The van der Waals surface area contributed by atoms with E-state index in [4.69, 9.17) is 4.74 Å². The molecule has 2 aromatic rings. The zero-order chi connectivity index (χ0) is 10.8. The van der Waals surface area contributed by atoms with Gasteiger partial charge in [-0.05, 0) is 19.9 Å². The van der Waals surface area contributed by atoms with Gasteiger partial charge in [-0.15, -0.1) is 0 Å². The van der Waals surface area contributed by atoms with Crippen molar-refractivity contribution in [1.29, 1.82) is 0 Å². The Morgan fingerprint density at radius 3 is 3.13 bits per heavy atom. The maximum Gasteiger partial charge on any atom is 0.343 e. The van der Waals surface area contributed by atoms with Crippen LogP contribution >= 0.6 is 0 Å². The van der Waals surface area contributed by atoms with Crippen LogP contribution in [0.1, 0.15) is 23.0 Å². The lowest BCUT2D eigenvalue weighted by Gasteiger charge is -1.99. The van der Waals surface area contributed by atoms with Gasteiger partial charge in [0.2, 0.25) is 0 Å². The van der Waals surface area contributed by atoms with Crippen LogP contribution in [0.2, 0.25) is 0 Å². The molecule has 0 aliphatic heterocycles. The lowest BCUT2D eigenvalue weighted by molar-refractivity contribution is 0.0527. The van der Waals surface area contributed by atoms with E-state index in [9.17, 15) is 4.79 Å². The number of hydrogen-bond donors (Lipinski definition) is 0. The van der Waals surface area contributed by atoms with Gasteiger partial charge in [-0.1, -0.05) is 0 Å². The Labute approximate surface area is 86.7 Å². The number of rotatable bonds is 2. The van der Waals surface area contributed by atoms with Gasteiger partial charge in [0.25, 0.3) is 0 Å². The molecule has 78 valence electrons. The third-order valence-electron chi connectivity index (χ3n) is 2.05. The Bertz CT molecular complexity index is 504. The Morgan fingerprint density at radius 2 is 2.40 bits per heavy atom. The summed E-state index contributed by atoms with van der Waals surface area (Å²) in [6.07, 6.45) is 3.37. The van der Waals surface area contributed by atoms with Gasteiger partial charge in [0.1, 0.15) is 5.56 Å². The van der Waals surface area contributed by atoms with Crippen LogP contribution < -0.4 is 0 Å². The van der Waals surface area contributed by atoms with E-state index < -0.39 is 0 Å². The minimum absolute atomic E-state index is 0.350. The number of carbonyl (C=O) groups excluding carboxylic acids is 1. The van der Waals surface area contributed by atoms with Crippen LogP contribution in [0, 0.1) is 6.92 Å². The second-order valence-electron chi connectivity index (χ2n) is 3.07. The summed E-state index contributed by atoms with van der Waals surface area (Å²) < 4.78 is 6.51. The Hall–Kier alpha value is -1.91. The fourth-order valence-corrected chi connectivity index (χ4v) is 1.44. The molecule has 0 N–H and O–H groups in total. The molecule has 5 nitrogen and oxygen atoms in total. The minimum atomic E-state index is -0.372. The van der Waals surface area contributed by atoms with Gasteiger partial charge in [-0.25, -0.2) is 14.3 Å². The standard InChI is InChI=1S/C10H11N3O2/c1-3-15-10(14)8-7(2)12-13-6-4-5-11-9(8)13/h4-6H,3H2,1-2H3. The van der Waals surface area contributed by atoms with Gasteiger partial charge in [-0.2, -0.15) is 5.10 Å². The summed E-state index contributed by atoms with van der Waals surface area (Å²) in [5, 5.41) is 4.17. The van der Waals surface area contributed by atoms with Gasteiger partial charge >= 0.3 is 5.97 Å². The predicted molar refractivity (Wildman–Crippen MR) is 53.7 cm³/mol. The van der Waals surface area contributed by atoms with Gasteiger partial charge in [0.05, 0.1) is 12.3 Å². The molecule has 15 heavy (non-hydrogen) atoms. The van der Waals surface area contributed by atoms with Crippen molar-refractivity contribution in [2.75, 3.05) is 6.61 Å². The van der Waals surface area contributed by atoms with Gasteiger partial charge < -0.3 is 4.74 Å². The first-order valence-corrected chi connectivity index (χ1v) is 4.71. The van der Waals surface area contributed by atoms with Crippen molar-refractivity contribution in [3.05, 3.63) is 29.7 Å². The number of esters is 1. The van der Waals surface area contributed by atoms with Gasteiger partial charge in [0, 0.05) is 12.4 Å². The second kappa shape index (κ2) is 3.68. The van der Waals surface area contributed by atoms with E-state index >= 15 is 0 Å². The molecule has 0 aliphatic carbocycles. The summed E-state index contributed by atoms with van der Waals surface area (Å²) in [6.45, 7) is 3.88. The fraction of sp³-hybridized carbons (Fsp3) is 0.300. The summed E-state index contributed by atoms with van der Waals surface area (Å²) in [7, 11) is 0. The van der Waals surface area contributed by atoms with Crippen molar-refractivity contribution >= 4 is 11.6 Å². The number of ether oxygens (including phenoxy) is 1. The zero-order valence-corrected chi connectivity index (χ0v) is 8.60. The Balaban J connectivity index is 2.58. The largest absolute Gasteiger partial charge is 0.462 e. The van der Waals surface area contributed by atoms with E-state index in [2.05, 4.69) is 10.1 Å². The highest BCUT2D eigenvalue weighted by molar-refractivity contribution is 5.97. The van der Waals surface area contributed by atoms with E-state index in [1.807, 2.05) is 0 Å². The van der Waals surface area contributed by atoms with Gasteiger partial charge in [0.15, 0.2) is 5.65 Å². The molecule has 5 heteroatoms. The maximum atomic E-state index is 11.6. The molecular weight excluding hydrogens is 194 g/mol. The quantitative estimate of drug-likeness (QED) is 0.691. The van der Waals surface area contributed by atoms with E-state index in [-0.39, 0.29) is 5.97 Å². The highest BCUT2D eigenvalue weighted by Gasteiger charge is 2.18. The molecule has 2 heterocycles. The number of aryl methyl sites for hydroxylation is 1. The third kappa shape index (κ3) is 1.56. The van der Waals surface area contributed by atoms with Crippen molar-refractivity contribution < 1.29 is 9.53 Å². The molecule has 0 aliphatic rings. The molecule has 2 aromatic heterocycles. The average molecular weight is 205 g/mol. The topological polar surface area (TPSA) is 56.5 Å². The number of hydrogen-bond acceptors (Lipinski definition) is 4. The molecule has 0 aromatic carbocycles. The van der Waals surface area contributed by atoms with Crippen LogP contribution in [0.5, 0.6) is 0 Å². The van der Waals surface area contributed by atoms with Crippen LogP contribution in [0.3, 0.4) is 0 Å². The number of aromatic nitrogens is 3. The molecule has 0 amide bonds. The molecule has 0 saturated heterocycles.